The molecule has 1 aromatic carbocycles. The maximum atomic E-state index is 13.7. The number of piperidine rings is 1. The Hall–Kier alpha value is -3.04. The zero-order valence-corrected chi connectivity index (χ0v) is 19.3. The van der Waals surface area contributed by atoms with E-state index in [0.717, 1.165) is 53.4 Å². The van der Waals surface area contributed by atoms with Crippen molar-refractivity contribution >= 4 is 44.7 Å². The minimum absolute atomic E-state index is 0.291. The van der Waals surface area contributed by atoms with Crippen LogP contribution < -0.4 is 10.6 Å². The van der Waals surface area contributed by atoms with E-state index in [-0.39, 0.29) is 5.82 Å². The lowest BCUT2D eigenvalue weighted by Gasteiger charge is -2.31. The molecule has 2 N–H and O–H groups in total. The SMILES string of the molecule is Cc1csc2nc(Nc3cnn(C4CCN(C5CC5)CC4)c3)nc(Nc3cccc(F)c3)c12. The summed E-state index contributed by atoms with van der Waals surface area (Å²) in [7, 11) is 0. The van der Waals surface area contributed by atoms with Crippen LogP contribution in [-0.2, 0) is 0 Å². The van der Waals surface area contributed by atoms with Crippen LogP contribution in [0.4, 0.5) is 27.5 Å². The molecule has 170 valence electrons. The summed E-state index contributed by atoms with van der Waals surface area (Å²) in [5.74, 6) is 0.860. The summed E-state index contributed by atoms with van der Waals surface area (Å²) < 4.78 is 15.8. The van der Waals surface area contributed by atoms with Crippen molar-refractivity contribution in [3.8, 4) is 0 Å². The average molecular weight is 464 g/mol. The second-order valence-electron chi connectivity index (χ2n) is 8.96. The fourth-order valence-electron chi connectivity index (χ4n) is 4.62. The molecule has 4 aromatic rings. The molecule has 7 nitrogen and oxygen atoms in total. The molecular formula is C24H26FN7S. The smallest absolute Gasteiger partial charge is 0.230 e. The molecule has 9 heteroatoms. The van der Waals surface area contributed by atoms with Gasteiger partial charge in [-0.1, -0.05) is 6.07 Å². The van der Waals surface area contributed by atoms with Gasteiger partial charge >= 0.3 is 0 Å². The molecule has 0 atom stereocenters. The number of thiophene rings is 1. The zero-order valence-electron chi connectivity index (χ0n) is 18.5. The first kappa shape index (κ1) is 20.6. The minimum atomic E-state index is -0.291. The third-order valence-electron chi connectivity index (χ3n) is 6.50. The normalized spacial score (nSPS) is 17.5. The molecule has 3 aromatic heterocycles. The molecule has 1 saturated carbocycles. The number of nitrogens with one attached hydrogen (secondary N) is 2. The number of hydrogen-bond donors (Lipinski definition) is 2. The molecule has 1 saturated heterocycles. The van der Waals surface area contributed by atoms with Crippen LogP contribution in [-0.4, -0.2) is 43.8 Å². The van der Waals surface area contributed by atoms with Crippen molar-refractivity contribution in [2.45, 2.75) is 44.7 Å². The van der Waals surface area contributed by atoms with Gasteiger partial charge in [0.1, 0.15) is 16.5 Å². The number of halogens is 1. The Bertz CT molecular complexity index is 1290. The summed E-state index contributed by atoms with van der Waals surface area (Å²) in [5.41, 5.74) is 2.60. The van der Waals surface area contributed by atoms with E-state index in [1.807, 2.05) is 25.4 Å². The lowest BCUT2D eigenvalue weighted by Crippen LogP contribution is -2.36. The molecule has 0 unspecified atom stereocenters. The van der Waals surface area contributed by atoms with Crippen LogP contribution in [0, 0.1) is 12.7 Å². The van der Waals surface area contributed by atoms with Crippen molar-refractivity contribution in [1.29, 1.82) is 0 Å². The predicted octanol–water partition coefficient (Wildman–Crippen LogP) is 5.62. The molecule has 1 aliphatic carbocycles. The second-order valence-corrected chi connectivity index (χ2v) is 9.82. The van der Waals surface area contributed by atoms with Gasteiger partial charge in [0.25, 0.3) is 0 Å². The van der Waals surface area contributed by atoms with Crippen molar-refractivity contribution < 1.29 is 4.39 Å². The molecule has 0 amide bonds. The van der Waals surface area contributed by atoms with E-state index in [2.05, 4.69) is 30.7 Å². The summed E-state index contributed by atoms with van der Waals surface area (Å²) in [4.78, 5) is 12.9. The van der Waals surface area contributed by atoms with Crippen LogP contribution >= 0.6 is 11.3 Å². The van der Waals surface area contributed by atoms with Crippen molar-refractivity contribution in [3.63, 3.8) is 0 Å². The number of anilines is 4. The second kappa shape index (κ2) is 8.39. The van der Waals surface area contributed by atoms with Crippen LogP contribution in [0.1, 0.15) is 37.3 Å². The Balaban J connectivity index is 1.22. The van der Waals surface area contributed by atoms with E-state index < -0.39 is 0 Å². The molecule has 1 aliphatic heterocycles. The highest BCUT2D eigenvalue weighted by Gasteiger charge is 2.32. The van der Waals surface area contributed by atoms with Crippen molar-refractivity contribution in [3.05, 3.63) is 53.4 Å². The summed E-state index contributed by atoms with van der Waals surface area (Å²) in [6, 6.07) is 7.66. The Labute approximate surface area is 195 Å². The lowest BCUT2D eigenvalue weighted by molar-refractivity contribution is 0.172. The van der Waals surface area contributed by atoms with Gasteiger partial charge in [-0.05, 0) is 61.7 Å². The molecule has 4 heterocycles. The van der Waals surface area contributed by atoms with Crippen molar-refractivity contribution in [1.82, 2.24) is 24.6 Å². The van der Waals surface area contributed by atoms with E-state index in [9.17, 15) is 4.39 Å². The average Bonchev–Trinajstić information content (AvgIpc) is 3.45. The summed E-state index contributed by atoms with van der Waals surface area (Å²) in [6.45, 7) is 4.35. The van der Waals surface area contributed by atoms with Gasteiger partial charge in [-0.3, -0.25) is 4.68 Å². The third-order valence-corrected chi connectivity index (χ3v) is 7.49. The van der Waals surface area contributed by atoms with Crippen LogP contribution in [0.25, 0.3) is 10.2 Å². The van der Waals surface area contributed by atoms with Crippen LogP contribution in [0.3, 0.4) is 0 Å². The number of rotatable bonds is 6. The molecule has 0 radical (unpaired) electrons. The van der Waals surface area contributed by atoms with Crippen molar-refractivity contribution in [2.24, 2.45) is 0 Å². The third kappa shape index (κ3) is 4.30. The molecular weight excluding hydrogens is 437 g/mol. The maximum absolute atomic E-state index is 13.7. The molecule has 2 fully saturated rings. The standard InChI is InChI=1S/C24H26FN7S/c1-15-14-33-23-21(15)22(27-17-4-2-3-16(25)11-17)29-24(30-23)28-18-12-26-32(13-18)20-7-9-31(10-8-20)19-5-6-19/h2-4,11-14,19-20H,5-10H2,1H3,(H2,27,28,29,30). The highest BCUT2D eigenvalue weighted by atomic mass is 32.1. The zero-order chi connectivity index (χ0) is 22.4. The van der Waals surface area contributed by atoms with E-state index in [0.29, 0.717) is 23.5 Å². The van der Waals surface area contributed by atoms with Crippen LogP contribution in [0.2, 0.25) is 0 Å². The van der Waals surface area contributed by atoms with Crippen molar-refractivity contribution in [2.75, 3.05) is 23.7 Å². The quantitative estimate of drug-likeness (QED) is 0.387. The number of fused-ring (bicyclic) bond motifs is 1. The van der Waals surface area contributed by atoms with Gasteiger partial charge in [0.15, 0.2) is 0 Å². The van der Waals surface area contributed by atoms with Gasteiger partial charge in [0.2, 0.25) is 5.95 Å². The van der Waals surface area contributed by atoms with Gasteiger partial charge in [0.05, 0.1) is 23.3 Å². The minimum Gasteiger partial charge on any atom is -0.339 e. The molecule has 33 heavy (non-hydrogen) atoms. The first-order chi connectivity index (χ1) is 16.1. The summed E-state index contributed by atoms with van der Waals surface area (Å²) in [6.07, 6.45) is 8.88. The van der Waals surface area contributed by atoms with Gasteiger partial charge < -0.3 is 15.5 Å². The number of aromatic nitrogens is 4. The first-order valence-electron chi connectivity index (χ1n) is 11.5. The topological polar surface area (TPSA) is 70.9 Å². The van der Waals surface area contributed by atoms with E-state index >= 15 is 0 Å². The number of aryl methyl sites for hydroxylation is 1. The van der Waals surface area contributed by atoms with Crippen LogP contribution in [0.15, 0.2) is 42.0 Å². The summed E-state index contributed by atoms with van der Waals surface area (Å²) >= 11 is 1.57. The molecule has 0 bridgehead atoms. The largest absolute Gasteiger partial charge is 0.339 e. The number of nitrogens with zero attached hydrogens (tertiary/aromatic N) is 5. The monoisotopic (exact) mass is 463 g/mol. The predicted molar refractivity (Wildman–Crippen MR) is 130 cm³/mol. The highest BCUT2D eigenvalue weighted by molar-refractivity contribution is 7.17. The Kier molecular flexibility index (Phi) is 5.22. The van der Waals surface area contributed by atoms with Gasteiger partial charge in [-0.15, -0.1) is 11.3 Å². The Morgan fingerprint density at radius 3 is 2.67 bits per heavy atom. The maximum Gasteiger partial charge on any atom is 0.230 e. The fraction of sp³-hybridized carbons (Fsp3) is 0.375. The fourth-order valence-corrected chi connectivity index (χ4v) is 5.54. The van der Waals surface area contributed by atoms with E-state index in [1.54, 1.807) is 17.4 Å². The molecule has 0 spiro atoms. The lowest BCUT2D eigenvalue weighted by atomic mass is 10.1. The number of likely N-dealkylation sites (tertiary alicyclic amines) is 1. The molecule has 2 aliphatic rings. The van der Waals surface area contributed by atoms with E-state index in [1.165, 1.54) is 25.0 Å². The van der Waals surface area contributed by atoms with Gasteiger partial charge in [-0.2, -0.15) is 10.1 Å². The van der Waals surface area contributed by atoms with Gasteiger partial charge in [-0.25, -0.2) is 9.37 Å². The summed E-state index contributed by atoms with van der Waals surface area (Å²) in [5, 5.41) is 14.2. The Morgan fingerprint density at radius 2 is 1.88 bits per heavy atom. The molecule has 6 rings (SSSR count). The first-order valence-corrected chi connectivity index (χ1v) is 12.3. The Morgan fingerprint density at radius 1 is 1.03 bits per heavy atom. The van der Waals surface area contributed by atoms with Crippen LogP contribution in [0.5, 0.6) is 0 Å². The number of benzene rings is 1. The number of hydrogen-bond acceptors (Lipinski definition) is 7. The van der Waals surface area contributed by atoms with Gasteiger partial charge in [0, 0.05) is 31.0 Å². The highest BCUT2D eigenvalue weighted by Crippen LogP contribution is 2.34. The van der Waals surface area contributed by atoms with E-state index in [4.69, 9.17) is 9.97 Å².